The lowest BCUT2D eigenvalue weighted by molar-refractivity contribution is -0.120. The molecular formula is C12H18N2O2. The highest BCUT2D eigenvalue weighted by Gasteiger charge is 2.05. The molecule has 1 aromatic carbocycles. The summed E-state index contributed by atoms with van der Waals surface area (Å²) >= 11 is 0. The molecule has 1 aromatic rings. The van der Waals surface area contributed by atoms with E-state index in [1.807, 2.05) is 19.1 Å². The molecule has 4 heteroatoms. The molecular weight excluding hydrogens is 204 g/mol. The summed E-state index contributed by atoms with van der Waals surface area (Å²) in [5.74, 6) is 0.298. The van der Waals surface area contributed by atoms with Gasteiger partial charge in [-0.05, 0) is 24.6 Å². The van der Waals surface area contributed by atoms with E-state index in [0.29, 0.717) is 13.0 Å². The molecule has 3 N–H and O–H groups in total. The van der Waals surface area contributed by atoms with Gasteiger partial charge in [0.2, 0.25) is 5.91 Å². The monoisotopic (exact) mass is 222 g/mol. The van der Waals surface area contributed by atoms with Crippen molar-refractivity contribution in [2.75, 3.05) is 13.6 Å². The van der Waals surface area contributed by atoms with Crippen LogP contribution >= 0.6 is 0 Å². The number of carbonyl (C=O) groups excluding carboxylic acids is 1. The number of benzene rings is 1. The van der Waals surface area contributed by atoms with Gasteiger partial charge in [-0.2, -0.15) is 0 Å². The molecule has 1 unspecified atom stereocenters. The lowest BCUT2D eigenvalue weighted by Crippen LogP contribution is -2.26. The van der Waals surface area contributed by atoms with Gasteiger partial charge in [0.05, 0.1) is 0 Å². The molecule has 0 aliphatic heterocycles. The summed E-state index contributed by atoms with van der Waals surface area (Å²) in [7, 11) is 1.63. The fraction of sp³-hybridized carbons (Fsp3) is 0.417. The number of phenolic OH excluding ortho intramolecular Hbond substituents is 1. The summed E-state index contributed by atoms with van der Waals surface area (Å²) in [4.78, 5) is 11.0. The highest BCUT2D eigenvalue weighted by atomic mass is 16.3. The maximum atomic E-state index is 11.0. The minimum Gasteiger partial charge on any atom is -0.508 e. The molecule has 88 valence electrons. The number of carbonyl (C=O) groups is 1. The fourth-order valence-corrected chi connectivity index (χ4v) is 1.41. The van der Waals surface area contributed by atoms with Gasteiger partial charge in [-0.15, -0.1) is 0 Å². The number of hydrogen-bond acceptors (Lipinski definition) is 3. The van der Waals surface area contributed by atoms with E-state index in [0.717, 1.165) is 5.56 Å². The number of aromatic hydroxyl groups is 1. The number of rotatable bonds is 5. The van der Waals surface area contributed by atoms with Crippen LogP contribution in [0.3, 0.4) is 0 Å². The van der Waals surface area contributed by atoms with Gasteiger partial charge in [-0.25, -0.2) is 0 Å². The summed E-state index contributed by atoms with van der Waals surface area (Å²) in [5, 5.41) is 15.0. The maximum Gasteiger partial charge on any atom is 0.221 e. The molecule has 4 nitrogen and oxygen atoms in total. The largest absolute Gasteiger partial charge is 0.508 e. The average Bonchev–Trinajstić information content (AvgIpc) is 2.29. The molecule has 0 saturated heterocycles. The van der Waals surface area contributed by atoms with Crippen molar-refractivity contribution < 1.29 is 9.90 Å². The van der Waals surface area contributed by atoms with Crippen molar-refractivity contribution in [1.29, 1.82) is 0 Å². The van der Waals surface area contributed by atoms with E-state index in [4.69, 9.17) is 5.11 Å². The molecule has 0 heterocycles. The summed E-state index contributed by atoms with van der Waals surface area (Å²) in [6, 6.07) is 7.23. The van der Waals surface area contributed by atoms with Gasteiger partial charge < -0.3 is 15.7 Å². The van der Waals surface area contributed by atoms with Crippen molar-refractivity contribution >= 4 is 5.91 Å². The van der Waals surface area contributed by atoms with E-state index in [1.54, 1.807) is 19.2 Å². The van der Waals surface area contributed by atoms with Gasteiger partial charge in [0, 0.05) is 26.1 Å². The molecule has 1 amide bonds. The van der Waals surface area contributed by atoms with Crippen LogP contribution in [0.4, 0.5) is 0 Å². The molecule has 1 atom stereocenters. The minimum atomic E-state index is 0.0328. The summed E-state index contributed by atoms with van der Waals surface area (Å²) in [6.45, 7) is 2.66. The molecule has 0 aromatic heterocycles. The Morgan fingerprint density at radius 1 is 1.38 bits per heavy atom. The summed E-state index contributed by atoms with van der Waals surface area (Å²) in [5.41, 5.74) is 1.09. The Morgan fingerprint density at radius 2 is 2.00 bits per heavy atom. The van der Waals surface area contributed by atoms with E-state index >= 15 is 0 Å². The number of nitrogens with one attached hydrogen (secondary N) is 2. The van der Waals surface area contributed by atoms with Crippen LogP contribution in [0.25, 0.3) is 0 Å². The molecule has 16 heavy (non-hydrogen) atoms. The van der Waals surface area contributed by atoms with E-state index in [9.17, 15) is 4.79 Å². The first-order valence-electron chi connectivity index (χ1n) is 5.36. The first-order valence-corrected chi connectivity index (χ1v) is 5.36. The van der Waals surface area contributed by atoms with Gasteiger partial charge in [-0.1, -0.05) is 12.1 Å². The van der Waals surface area contributed by atoms with E-state index < -0.39 is 0 Å². The van der Waals surface area contributed by atoms with Crippen LogP contribution in [0.2, 0.25) is 0 Å². The van der Waals surface area contributed by atoms with Crippen molar-refractivity contribution in [2.24, 2.45) is 0 Å². The SMILES string of the molecule is CNC(=O)CCNC(C)c1ccc(O)cc1. The van der Waals surface area contributed by atoms with Crippen LogP contribution in [0.1, 0.15) is 24.9 Å². The molecule has 0 aliphatic rings. The molecule has 0 bridgehead atoms. The van der Waals surface area contributed by atoms with Crippen molar-refractivity contribution in [3.05, 3.63) is 29.8 Å². The van der Waals surface area contributed by atoms with Gasteiger partial charge in [0.15, 0.2) is 0 Å². The van der Waals surface area contributed by atoms with Gasteiger partial charge in [-0.3, -0.25) is 4.79 Å². The standard InChI is InChI=1S/C12H18N2O2/c1-9(14-8-7-12(16)13-2)10-3-5-11(15)6-4-10/h3-6,9,14-15H,7-8H2,1-2H3,(H,13,16). The van der Waals surface area contributed by atoms with Crippen LogP contribution in [0.15, 0.2) is 24.3 Å². The number of amides is 1. The molecule has 0 aliphatic carbocycles. The Bertz CT molecular complexity index is 335. The second kappa shape index (κ2) is 6.12. The first-order chi connectivity index (χ1) is 7.63. The van der Waals surface area contributed by atoms with Crippen molar-refractivity contribution in [3.63, 3.8) is 0 Å². The molecule has 1 rings (SSSR count). The highest BCUT2D eigenvalue weighted by Crippen LogP contribution is 2.15. The Morgan fingerprint density at radius 3 is 2.56 bits per heavy atom. The predicted molar refractivity (Wildman–Crippen MR) is 63.2 cm³/mol. The molecule has 0 spiro atoms. The van der Waals surface area contributed by atoms with Crippen LogP contribution in [-0.4, -0.2) is 24.6 Å². The third-order valence-electron chi connectivity index (χ3n) is 2.47. The number of phenols is 1. The highest BCUT2D eigenvalue weighted by molar-refractivity contribution is 5.75. The molecule has 0 radical (unpaired) electrons. The zero-order valence-corrected chi connectivity index (χ0v) is 9.66. The lowest BCUT2D eigenvalue weighted by Gasteiger charge is -2.13. The van der Waals surface area contributed by atoms with E-state index in [-0.39, 0.29) is 17.7 Å². The second-order valence-corrected chi connectivity index (χ2v) is 3.69. The van der Waals surface area contributed by atoms with Gasteiger partial charge in [0.25, 0.3) is 0 Å². The Kier molecular flexibility index (Phi) is 4.79. The molecule has 0 fully saturated rings. The normalized spacial score (nSPS) is 12.1. The van der Waals surface area contributed by atoms with Crippen molar-refractivity contribution in [1.82, 2.24) is 10.6 Å². The zero-order chi connectivity index (χ0) is 12.0. The van der Waals surface area contributed by atoms with Crippen LogP contribution in [0, 0.1) is 0 Å². The maximum absolute atomic E-state index is 11.0. The Labute approximate surface area is 95.7 Å². The Balaban J connectivity index is 2.37. The third-order valence-corrected chi connectivity index (χ3v) is 2.47. The van der Waals surface area contributed by atoms with Gasteiger partial charge in [0.1, 0.15) is 5.75 Å². The van der Waals surface area contributed by atoms with Crippen LogP contribution < -0.4 is 10.6 Å². The minimum absolute atomic E-state index is 0.0328. The van der Waals surface area contributed by atoms with E-state index in [1.165, 1.54) is 0 Å². The van der Waals surface area contributed by atoms with Crippen molar-refractivity contribution in [3.8, 4) is 5.75 Å². The fourth-order valence-electron chi connectivity index (χ4n) is 1.41. The summed E-state index contributed by atoms with van der Waals surface area (Å²) < 4.78 is 0. The topological polar surface area (TPSA) is 61.4 Å². The summed E-state index contributed by atoms with van der Waals surface area (Å²) in [6.07, 6.45) is 0.471. The zero-order valence-electron chi connectivity index (χ0n) is 9.66. The van der Waals surface area contributed by atoms with Gasteiger partial charge >= 0.3 is 0 Å². The Hall–Kier alpha value is -1.55. The smallest absolute Gasteiger partial charge is 0.221 e. The third kappa shape index (κ3) is 3.90. The molecule has 0 saturated carbocycles. The predicted octanol–water partition coefficient (Wildman–Crippen LogP) is 1.18. The van der Waals surface area contributed by atoms with Crippen molar-refractivity contribution in [2.45, 2.75) is 19.4 Å². The second-order valence-electron chi connectivity index (χ2n) is 3.69. The first kappa shape index (κ1) is 12.5. The average molecular weight is 222 g/mol. The lowest BCUT2D eigenvalue weighted by atomic mass is 10.1. The van der Waals surface area contributed by atoms with Crippen LogP contribution in [0.5, 0.6) is 5.75 Å². The number of hydrogen-bond donors (Lipinski definition) is 3. The van der Waals surface area contributed by atoms with E-state index in [2.05, 4.69) is 10.6 Å². The quantitative estimate of drug-likeness (QED) is 0.701. The van der Waals surface area contributed by atoms with Crippen LogP contribution in [-0.2, 0) is 4.79 Å².